The van der Waals surface area contributed by atoms with E-state index in [1.165, 1.54) is 6.42 Å². The average Bonchev–Trinajstić information content (AvgIpc) is 2.84. The number of nitrogens with zero attached hydrogens (tertiary/aromatic N) is 2. The Morgan fingerprint density at radius 1 is 0.969 bits per heavy atom. The number of likely N-dealkylation sites (tertiary alicyclic amines) is 1. The van der Waals surface area contributed by atoms with Crippen LogP contribution in [0.15, 0.2) is 42.5 Å². The van der Waals surface area contributed by atoms with Gasteiger partial charge in [0.2, 0.25) is 5.91 Å². The van der Waals surface area contributed by atoms with Crippen molar-refractivity contribution in [3.63, 3.8) is 0 Å². The first-order valence-electron chi connectivity index (χ1n) is 11.8. The van der Waals surface area contributed by atoms with Crippen LogP contribution in [0.25, 0.3) is 0 Å². The van der Waals surface area contributed by atoms with Gasteiger partial charge in [-0.2, -0.15) is 0 Å². The van der Waals surface area contributed by atoms with Gasteiger partial charge in [0.05, 0.1) is 18.8 Å². The Morgan fingerprint density at radius 3 is 2.34 bits per heavy atom. The Hall–Kier alpha value is -3.02. The summed E-state index contributed by atoms with van der Waals surface area (Å²) in [6.07, 6.45) is 4.37. The first-order valence-corrected chi connectivity index (χ1v) is 11.8. The minimum Gasteiger partial charge on any atom is -0.477 e. The summed E-state index contributed by atoms with van der Waals surface area (Å²) in [5.74, 6) is 0.598. The monoisotopic (exact) mass is 435 g/mol. The lowest BCUT2D eigenvalue weighted by atomic mass is 10.0. The highest BCUT2D eigenvalue weighted by Gasteiger charge is 2.34. The number of hydrogen-bond acceptors (Lipinski definition) is 4. The highest BCUT2D eigenvalue weighted by atomic mass is 16.5. The van der Waals surface area contributed by atoms with E-state index in [9.17, 15) is 9.59 Å². The number of para-hydroxylation sites is 3. The molecule has 6 nitrogen and oxygen atoms in total. The van der Waals surface area contributed by atoms with Crippen molar-refractivity contribution < 1.29 is 14.3 Å². The second-order valence-corrected chi connectivity index (χ2v) is 8.55. The lowest BCUT2D eigenvalue weighted by Gasteiger charge is -2.38. The summed E-state index contributed by atoms with van der Waals surface area (Å²) in [6, 6.07) is 13.8. The van der Waals surface area contributed by atoms with Gasteiger partial charge in [0.15, 0.2) is 6.10 Å². The SMILES string of the molecule is CCc1cccc(CC)c1NC(=O)CN1C[C@H](C(=O)N2CCCCC2)Oc2ccccc21. The first-order chi connectivity index (χ1) is 15.6. The fourth-order valence-corrected chi connectivity index (χ4v) is 4.66. The Balaban J connectivity index is 1.52. The van der Waals surface area contributed by atoms with Gasteiger partial charge in [-0.25, -0.2) is 0 Å². The van der Waals surface area contributed by atoms with Crippen LogP contribution in [-0.2, 0) is 22.4 Å². The first kappa shape index (κ1) is 22.2. The fourth-order valence-electron chi connectivity index (χ4n) is 4.66. The van der Waals surface area contributed by atoms with Gasteiger partial charge in [-0.3, -0.25) is 9.59 Å². The Bertz CT molecular complexity index is 946. The quantitative estimate of drug-likeness (QED) is 0.744. The number of anilines is 2. The molecule has 1 fully saturated rings. The van der Waals surface area contributed by atoms with Gasteiger partial charge >= 0.3 is 0 Å². The molecule has 2 aliphatic heterocycles. The maximum Gasteiger partial charge on any atom is 0.265 e. The molecule has 0 bridgehead atoms. The molecule has 1 N–H and O–H groups in total. The summed E-state index contributed by atoms with van der Waals surface area (Å²) in [6.45, 7) is 6.31. The molecule has 0 aliphatic carbocycles. The van der Waals surface area contributed by atoms with Crippen molar-refractivity contribution >= 4 is 23.2 Å². The molecule has 170 valence electrons. The summed E-state index contributed by atoms with van der Waals surface area (Å²) >= 11 is 0. The van der Waals surface area contributed by atoms with E-state index in [1.807, 2.05) is 40.1 Å². The fraction of sp³-hybridized carbons (Fsp3) is 0.462. The smallest absolute Gasteiger partial charge is 0.265 e. The standard InChI is InChI=1S/C26H33N3O3/c1-3-19-11-10-12-20(4-2)25(19)27-24(30)18-29-17-23(26(31)28-15-8-5-9-16-28)32-22-14-7-6-13-21(22)29/h6-7,10-14,23H,3-5,8-9,15-18H2,1-2H3,(H,27,30)/t23-/m1/s1. The van der Waals surface area contributed by atoms with Gasteiger partial charge in [-0.1, -0.05) is 44.2 Å². The highest BCUT2D eigenvalue weighted by Crippen LogP contribution is 2.34. The van der Waals surface area contributed by atoms with Gasteiger partial charge in [-0.05, 0) is 55.4 Å². The number of fused-ring (bicyclic) bond motifs is 1. The van der Waals surface area contributed by atoms with Crippen LogP contribution in [0.1, 0.15) is 44.2 Å². The van der Waals surface area contributed by atoms with E-state index < -0.39 is 6.10 Å². The number of carbonyl (C=O) groups excluding carboxylic acids is 2. The predicted molar refractivity (Wildman–Crippen MR) is 127 cm³/mol. The van der Waals surface area contributed by atoms with Gasteiger partial charge in [-0.15, -0.1) is 0 Å². The molecule has 2 aliphatic rings. The number of ether oxygens (including phenoxy) is 1. The average molecular weight is 436 g/mol. The van der Waals surface area contributed by atoms with E-state index in [-0.39, 0.29) is 18.4 Å². The highest BCUT2D eigenvalue weighted by molar-refractivity contribution is 5.96. The zero-order chi connectivity index (χ0) is 22.5. The maximum atomic E-state index is 13.1. The molecular formula is C26H33N3O3. The maximum absolute atomic E-state index is 13.1. The third kappa shape index (κ3) is 4.74. The number of rotatable bonds is 6. The molecule has 0 spiro atoms. The summed E-state index contributed by atoms with van der Waals surface area (Å²) in [7, 11) is 0. The van der Waals surface area contributed by atoms with Crippen molar-refractivity contribution in [1.29, 1.82) is 0 Å². The number of amides is 2. The number of aryl methyl sites for hydroxylation is 2. The third-order valence-electron chi connectivity index (χ3n) is 6.40. The van der Waals surface area contributed by atoms with E-state index in [2.05, 4.69) is 31.3 Å². The van der Waals surface area contributed by atoms with Crippen molar-refractivity contribution in [1.82, 2.24) is 4.90 Å². The summed E-state index contributed by atoms with van der Waals surface area (Å²) in [4.78, 5) is 30.1. The van der Waals surface area contributed by atoms with Crippen LogP contribution in [0, 0.1) is 0 Å². The summed E-state index contributed by atoms with van der Waals surface area (Å²) < 4.78 is 6.09. The Kier molecular flexibility index (Phi) is 6.98. The summed E-state index contributed by atoms with van der Waals surface area (Å²) in [5, 5.41) is 3.15. The van der Waals surface area contributed by atoms with Crippen LogP contribution in [0.2, 0.25) is 0 Å². The number of benzene rings is 2. The Morgan fingerprint density at radius 2 is 1.66 bits per heavy atom. The summed E-state index contributed by atoms with van der Waals surface area (Å²) in [5.41, 5.74) is 4.05. The van der Waals surface area contributed by atoms with Crippen molar-refractivity contribution in [3.8, 4) is 5.75 Å². The van der Waals surface area contributed by atoms with Crippen molar-refractivity contribution in [2.45, 2.75) is 52.1 Å². The van der Waals surface area contributed by atoms with Crippen LogP contribution >= 0.6 is 0 Å². The van der Waals surface area contributed by atoms with Crippen LogP contribution < -0.4 is 15.0 Å². The molecule has 2 heterocycles. The van der Waals surface area contributed by atoms with E-state index in [0.717, 1.165) is 61.3 Å². The molecule has 0 unspecified atom stereocenters. The number of carbonyl (C=O) groups is 2. The minimum atomic E-state index is -0.593. The van der Waals surface area contributed by atoms with Gasteiger partial charge in [0, 0.05) is 18.8 Å². The van der Waals surface area contributed by atoms with E-state index in [1.54, 1.807) is 0 Å². The van der Waals surface area contributed by atoms with E-state index in [0.29, 0.717) is 12.3 Å². The molecule has 2 amide bonds. The second kappa shape index (κ2) is 10.1. The molecule has 1 saturated heterocycles. The topological polar surface area (TPSA) is 61.9 Å². The van der Waals surface area contributed by atoms with E-state index >= 15 is 0 Å². The molecule has 2 aromatic carbocycles. The predicted octanol–water partition coefficient (Wildman–Crippen LogP) is 4.03. The van der Waals surface area contributed by atoms with Crippen LogP contribution in [0.4, 0.5) is 11.4 Å². The van der Waals surface area contributed by atoms with Crippen LogP contribution in [0.3, 0.4) is 0 Å². The molecule has 32 heavy (non-hydrogen) atoms. The molecule has 0 radical (unpaired) electrons. The van der Waals surface area contributed by atoms with Crippen LogP contribution in [0.5, 0.6) is 5.75 Å². The van der Waals surface area contributed by atoms with Gasteiger partial charge in [0.25, 0.3) is 5.91 Å². The van der Waals surface area contributed by atoms with Gasteiger partial charge < -0.3 is 19.9 Å². The molecule has 0 saturated carbocycles. The zero-order valence-electron chi connectivity index (χ0n) is 19.1. The molecule has 4 rings (SSSR count). The number of piperidine rings is 1. The third-order valence-corrected chi connectivity index (χ3v) is 6.40. The molecule has 1 atom stereocenters. The molecule has 0 aromatic heterocycles. The normalized spacial score (nSPS) is 18.0. The van der Waals surface area contributed by atoms with Crippen LogP contribution in [-0.4, -0.2) is 49.0 Å². The number of hydrogen-bond donors (Lipinski definition) is 1. The van der Waals surface area contributed by atoms with E-state index in [4.69, 9.17) is 4.74 Å². The minimum absolute atomic E-state index is 0.0224. The van der Waals surface area contributed by atoms with Crippen molar-refractivity contribution in [2.24, 2.45) is 0 Å². The van der Waals surface area contributed by atoms with Crippen molar-refractivity contribution in [3.05, 3.63) is 53.6 Å². The lowest BCUT2D eigenvalue weighted by Crippen LogP contribution is -2.52. The molecular weight excluding hydrogens is 402 g/mol. The number of nitrogens with one attached hydrogen (secondary N) is 1. The zero-order valence-corrected chi connectivity index (χ0v) is 19.1. The van der Waals surface area contributed by atoms with Gasteiger partial charge in [0.1, 0.15) is 5.75 Å². The lowest BCUT2D eigenvalue weighted by molar-refractivity contribution is -0.139. The van der Waals surface area contributed by atoms with Crippen molar-refractivity contribution in [2.75, 3.05) is 36.4 Å². The second-order valence-electron chi connectivity index (χ2n) is 8.55. The Labute approximate surface area is 190 Å². The molecule has 2 aromatic rings. The largest absolute Gasteiger partial charge is 0.477 e. The molecule has 6 heteroatoms.